The van der Waals surface area contributed by atoms with Crippen LogP contribution in [0.1, 0.15) is 20.3 Å². The molecule has 0 fully saturated rings. The average molecular weight is 291 g/mol. The van der Waals surface area contributed by atoms with Crippen molar-refractivity contribution in [2.75, 3.05) is 0 Å². The average Bonchev–Trinajstić information content (AvgIpc) is 1.91. The fraction of sp³-hybridized carbons (Fsp3) is 0.429. The van der Waals surface area contributed by atoms with E-state index in [0.29, 0.717) is 0 Å². The molecule has 0 aliphatic heterocycles. The van der Waals surface area contributed by atoms with Crippen LogP contribution >= 0.6 is 0 Å². The molecular weight excluding hydrogens is 282 g/mol. The molecule has 0 amide bonds. The van der Waals surface area contributed by atoms with Gasteiger partial charge in [-0.25, -0.2) is 11.1 Å². The summed E-state index contributed by atoms with van der Waals surface area (Å²) in [7, 11) is 0. The van der Waals surface area contributed by atoms with E-state index in [2.05, 4.69) is 26.0 Å². The van der Waals surface area contributed by atoms with E-state index in [1.165, 1.54) is 11.1 Å². The molecule has 0 atom stereocenters. The Morgan fingerprint density at radius 2 is 1.64 bits per heavy atom. The third-order valence-corrected chi connectivity index (χ3v) is 1.37. The molecule has 0 nitrogen and oxygen atoms in total. The summed E-state index contributed by atoms with van der Waals surface area (Å²) < 4.78 is 0. The third kappa shape index (κ3) is 7.59. The van der Waals surface area contributed by atoms with Gasteiger partial charge in [0, 0.05) is 0 Å². The van der Waals surface area contributed by atoms with Crippen molar-refractivity contribution in [3.63, 3.8) is 0 Å². The first-order valence-electron chi connectivity index (χ1n) is 2.55. The summed E-state index contributed by atoms with van der Waals surface area (Å²) in [6.45, 7) is 4.22. The van der Waals surface area contributed by atoms with E-state index in [1.54, 1.807) is 0 Å². The second kappa shape index (κ2) is 11.2. The first kappa shape index (κ1) is 22.8. The van der Waals surface area contributed by atoms with Gasteiger partial charge < -0.3 is 37.2 Å². The van der Waals surface area contributed by atoms with Crippen molar-refractivity contribution in [3.8, 4) is 0 Å². The second-order valence-electron chi connectivity index (χ2n) is 1.89. The maximum Gasteiger partial charge on any atom is 4.00 e. The molecule has 62 valence electrons. The van der Waals surface area contributed by atoms with Crippen molar-refractivity contribution in [3.05, 3.63) is 23.3 Å². The van der Waals surface area contributed by atoms with Crippen LogP contribution in [0.4, 0.5) is 0 Å². The van der Waals surface area contributed by atoms with Gasteiger partial charge >= 0.3 is 26.2 Å². The first-order chi connectivity index (χ1) is 3.30. The number of halogens is 3. The van der Waals surface area contributed by atoms with Gasteiger partial charge in [-0.2, -0.15) is 6.08 Å². The van der Waals surface area contributed by atoms with Crippen LogP contribution in [0.3, 0.4) is 0 Å². The zero-order chi connectivity index (χ0) is 5.28. The van der Waals surface area contributed by atoms with Crippen molar-refractivity contribution in [1.82, 2.24) is 0 Å². The van der Waals surface area contributed by atoms with Crippen LogP contribution in [-0.2, 0) is 26.2 Å². The quantitative estimate of drug-likeness (QED) is 0.389. The molecule has 0 spiro atoms. The van der Waals surface area contributed by atoms with Crippen LogP contribution in [0.2, 0.25) is 0 Å². The SMILES string of the molecule is CC1=[C-]CC=C1C.[Cl-].[Cl-].[Cl-].[Zr+4]. The van der Waals surface area contributed by atoms with Gasteiger partial charge in [-0.1, -0.05) is 6.92 Å². The van der Waals surface area contributed by atoms with Crippen molar-refractivity contribution in [2.24, 2.45) is 0 Å². The largest absolute Gasteiger partial charge is 4.00 e. The molecule has 0 saturated heterocycles. The Morgan fingerprint density at radius 1 is 1.18 bits per heavy atom. The molecule has 0 aromatic heterocycles. The van der Waals surface area contributed by atoms with Gasteiger partial charge in [0.05, 0.1) is 0 Å². The van der Waals surface area contributed by atoms with E-state index in [0.717, 1.165) is 6.42 Å². The molecule has 0 saturated carbocycles. The zero-order valence-corrected chi connectivity index (χ0v) is 11.1. The molecule has 1 aliphatic carbocycles. The summed E-state index contributed by atoms with van der Waals surface area (Å²) in [5, 5.41) is 0. The normalized spacial score (nSPS) is 12.2. The molecule has 1 aliphatic rings. The van der Waals surface area contributed by atoms with E-state index in [9.17, 15) is 0 Å². The van der Waals surface area contributed by atoms with Crippen LogP contribution in [-0.4, -0.2) is 0 Å². The van der Waals surface area contributed by atoms with E-state index >= 15 is 0 Å². The van der Waals surface area contributed by atoms with E-state index < -0.39 is 0 Å². The standard InChI is InChI=1S/C7H9.3ClH.Zr/c1-6-4-3-5-7(6)2;;;;/h4H,3H2,1-2H3;3*1H;/q-1;;;;+4/p-3. The van der Waals surface area contributed by atoms with Crippen molar-refractivity contribution >= 4 is 0 Å². The molecule has 1 rings (SSSR count). The van der Waals surface area contributed by atoms with Gasteiger partial charge in [0.1, 0.15) is 0 Å². The zero-order valence-electron chi connectivity index (χ0n) is 6.42. The Morgan fingerprint density at radius 3 is 1.73 bits per heavy atom. The molecule has 0 unspecified atom stereocenters. The molecule has 0 radical (unpaired) electrons. The van der Waals surface area contributed by atoms with Gasteiger partial charge in [0.15, 0.2) is 0 Å². The van der Waals surface area contributed by atoms with Crippen molar-refractivity contribution < 1.29 is 63.4 Å². The number of hydrogen-bond donors (Lipinski definition) is 0. The molecular formula is C7H9Cl3Zr. The van der Waals surface area contributed by atoms with Crippen molar-refractivity contribution in [2.45, 2.75) is 20.3 Å². The maximum absolute atomic E-state index is 3.19. The topological polar surface area (TPSA) is 0 Å². The van der Waals surface area contributed by atoms with Gasteiger partial charge in [-0.15, -0.1) is 13.3 Å². The van der Waals surface area contributed by atoms with Crippen LogP contribution in [0.5, 0.6) is 0 Å². The maximum atomic E-state index is 3.19. The fourth-order valence-electron chi connectivity index (χ4n) is 0.650. The molecule has 0 aromatic carbocycles. The van der Waals surface area contributed by atoms with Gasteiger partial charge in [-0.05, 0) is 0 Å². The minimum absolute atomic E-state index is 0. The number of hydrogen-bond acceptors (Lipinski definition) is 0. The molecule has 0 bridgehead atoms. The van der Waals surface area contributed by atoms with Crippen LogP contribution < -0.4 is 37.2 Å². The van der Waals surface area contributed by atoms with Crippen molar-refractivity contribution in [1.29, 1.82) is 0 Å². The number of rotatable bonds is 0. The van der Waals surface area contributed by atoms with Gasteiger partial charge in [-0.3, -0.25) is 6.08 Å². The van der Waals surface area contributed by atoms with Gasteiger partial charge in [0.2, 0.25) is 0 Å². The predicted molar refractivity (Wildman–Crippen MR) is 30.8 cm³/mol. The summed E-state index contributed by atoms with van der Waals surface area (Å²) >= 11 is 0. The van der Waals surface area contributed by atoms with Crippen LogP contribution in [0.25, 0.3) is 0 Å². The Bertz CT molecular complexity index is 125. The van der Waals surface area contributed by atoms with Crippen LogP contribution in [0, 0.1) is 6.08 Å². The van der Waals surface area contributed by atoms with E-state index in [1.807, 2.05) is 0 Å². The van der Waals surface area contributed by atoms with E-state index in [4.69, 9.17) is 0 Å². The Balaban J connectivity index is -0.0000000612. The fourth-order valence-corrected chi connectivity index (χ4v) is 0.650. The predicted octanol–water partition coefficient (Wildman–Crippen LogP) is -6.90. The summed E-state index contributed by atoms with van der Waals surface area (Å²) in [4.78, 5) is 0. The van der Waals surface area contributed by atoms with Gasteiger partial charge in [0.25, 0.3) is 0 Å². The Labute approximate surface area is 106 Å². The van der Waals surface area contributed by atoms with Crippen LogP contribution in [0.15, 0.2) is 17.2 Å². The Kier molecular flexibility index (Phi) is 23.3. The molecule has 0 N–H and O–H groups in total. The number of allylic oxidation sites excluding steroid dienone is 4. The summed E-state index contributed by atoms with van der Waals surface area (Å²) in [5.41, 5.74) is 2.71. The third-order valence-electron chi connectivity index (χ3n) is 1.37. The van der Waals surface area contributed by atoms with E-state index in [-0.39, 0.29) is 63.4 Å². The molecule has 11 heavy (non-hydrogen) atoms. The molecule has 0 aromatic rings. The summed E-state index contributed by atoms with van der Waals surface area (Å²) in [5.74, 6) is 0. The smallest absolute Gasteiger partial charge is 1.00 e. The molecule has 4 heteroatoms. The second-order valence-corrected chi connectivity index (χ2v) is 1.89. The minimum atomic E-state index is 0. The summed E-state index contributed by atoms with van der Waals surface area (Å²) in [6.07, 6.45) is 6.41. The monoisotopic (exact) mass is 288 g/mol. The summed E-state index contributed by atoms with van der Waals surface area (Å²) in [6, 6.07) is 0. The first-order valence-corrected chi connectivity index (χ1v) is 2.55. The minimum Gasteiger partial charge on any atom is -1.00 e. The Hall–Kier alpha value is 1.23. The molecule has 0 heterocycles.